The summed E-state index contributed by atoms with van der Waals surface area (Å²) in [6.45, 7) is 2.38. The summed E-state index contributed by atoms with van der Waals surface area (Å²) in [4.78, 5) is 13.2. The van der Waals surface area contributed by atoms with Crippen molar-refractivity contribution >= 4 is 33.9 Å². The summed E-state index contributed by atoms with van der Waals surface area (Å²) < 4.78 is 6.87. The minimum Gasteiger partial charge on any atom is -0.338 e. The summed E-state index contributed by atoms with van der Waals surface area (Å²) in [5.74, 6) is 1.03. The van der Waals surface area contributed by atoms with E-state index in [9.17, 15) is 0 Å². The molecule has 0 aliphatic carbocycles. The Bertz CT molecular complexity index is 1260. The zero-order chi connectivity index (χ0) is 18.2. The fourth-order valence-corrected chi connectivity index (χ4v) is 2.87. The topological polar surface area (TPSA) is 107 Å². The van der Waals surface area contributed by atoms with Crippen LogP contribution in [0.15, 0.2) is 53.3 Å². The van der Waals surface area contributed by atoms with Crippen molar-refractivity contribution in [2.45, 2.75) is 13.5 Å². The molecule has 0 bridgehead atoms. The van der Waals surface area contributed by atoms with E-state index in [1.54, 1.807) is 23.1 Å². The van der Waals surface area contributed by atoms with Crippen molar-refractivity contribution in [1.29, 1.82) is 0 Å². The maximum absolute atomic E-state index is 5.16. The van der Waals surface area contributed by atoms with E-state index in [2.05, 4.69) is 41.8 Å². The van der Waals surface area contributed by atoms with Crippen LogP contribution in [0.25, 0.3) is 22.2 Å². The number of aromatic nitrogens is 7. The molecule has 1 aromatic carbocycles. The van der Waals surface area contributed by atoms with Gasteiger partial charge in [-0.25, -0.2) is 14.6 Å². The standard InChI is InChI=1S/C18H14N8O/c1-11-7-16(27-24-11)21-15-9-20-17-18(22-15)26(25-23-17)10-12-4-5-14-13(8-12)3-2-6-19-14/h2-9H,10H2,1H3,(H,21,22). The quantitative estimate of drug-likeness (QED) is 0.522. The van der Waals surface area contributed by atoms with Crippen LogP contribution in [0.2, 0.25) is 0 Å². The van der Waals surface area contributed by atoms with Gasteiger partial charge in [0.1, 0.15) is 0 Å². The Morgan fingerprint density at radius 1 is 1.15 bits per heavy atom. The van der Waals surface area contributed by atoms with Crippen LogP contribution >= 0.6 is 0 Å². The van der Waals surface area contributed by atoms with Crippen molar-refractivity contribution < 1.29 is 4.52 Å². The van der Waals surface area contributed by atoms with Crippen molar-refractivity contribution in [3.8, 4) is 0 Å². The van der Waals surface area contributed by atoms with Crippen LogP contribution in [0.5, 0.6) is 0 Å². The number of pyridine rings is 1. The second-order valence-corrected chi connectivity index (χ2v) is 6.14. The molecule has 9 nitrogen and oxygen atoms in total. The molecule has 0 unspecified atom stereocenters. The van der Waals surface area contributed by atoms with Gasteiger partial charge in [-0.1, -0.05) is 22.5 Å². The molecule has 0 aliphatic rings. The third kappa shape index (κ3) is 2.95. The molecule has 9 heteroatoms. The highest BCUT2D eigenvalue weighted by molar-refractivity contribution is 5.79. The van der Waals surface area contributed by atoms with Crippen molar-refractivity contribution in [2.75, 3.05) is 5.32 Å². The van der Waals surface area contributed by atoms with E-state index < -0.39 is 0 Å². The van der Waals surface area contributed by atoms with E-state index >= 15 is 0 Å². The molecule has 27 heavy (non-hydrogen) atoms. The number of hydrogen-bond acceptors (Lipinski definition) is 8. The molecule has 0 aliphatic heterocycles. The Kier molecular flexibility index (Phi) is 3.49. The monoisotopic (exact) mass is 358 g/mol. The van der Waals surface area contributed by atoms with E-state index in [0.717, 1.165) is 22.2 Å². The molecule has 132 valence electrons. The van der Waals surface area contributed by atoms with Gasteiger partial charge < -0.3 is 9.84 Å². The fourth-order valence-electron chi connectivity index (χ4n) is 2.87. The largest absolute Gasteiger partial charge is 0.338 e. The smallest absolute Gasteiger partial charge is 0.230 e. The zero-order valence-corrected chi connectivity index (χ0v) is 14.4. The Labute approximate surface area is 153 Å². The van der Waals surface area contributed by atoms with Gasteiger partial charge in [-0.2, -0.15) is 0 Å². The van der Waals surface area contributed by atoms with Gasteiger partial charge in [0.2, 0.25) is 11.5 Å². The van der Waals surface area contributed by atoms with Gasteiger partial charge in [0.15, 0.2) is 11.5 Å². The van der Waals surface area contributed by atoms with Crippen LogP contribution in [-0.4, -0.2) is 35.1 Å². The van der Waals surface area contributed by atoms with Gasteiger partial charge in [-0.3, -0.25) is 4.98 Å². The summed E-state index contributed by atoms with van der Waals surface area (Å²) in [7, 11) is 0. The molecular weight excluding hydrogens is 344 g/mol. The van der Waals surface area contributed by atoms with Gasteiger partial charge in [0.05, 0.1) is 24.0 Å². The molecule has 0 saturated carbocycles. The van der Waals surface area contributed by atoms with Gasteiger partial charge in [-0.05, 0) is 30.7 Å². The molecule has 4 heterocycles. The minimum absolute atomic E-state index is 0.483. The van der Waals surface area contributed by atoms with Crippen molar-refractivity contribution in [3.05, 3.63) is 60.0 Å². The van der Waals surface area contributed by atoms with Gasteiger partial charge in [0, 0.05) is 17.6 Å². The lowest BCUT2D eigenvalue weighted by atomic mass is 10.1. The van der Waals surface area contributed by atoms with E-state index in [-0.39, 0.29) is 0 Å². The molecule has 0 radical (unpaired) electrons. The number of aryl methyl sites for hydroxylation is 1. The van der Waals surface area contributed by atoms with Crippen LogP contribution < -0.4 is 5.32 Å². The first-order valence-corrected chi connectivity index (χ1v) is 8.35. The molecule has 4 aromatic heterocycles. The summed E-state index contributed by atoms with van der Waals surface area (Å²) >= 11 is 0. The lowest BCUT2D eigenvalue weighted by Gasteiger charge is -2.05. The highest BCUT2D eigenvalue weighted by Gasteiger charge is 2.11. The van der Waals surface area contributed by atoms with E-state index in [4.69, 9.17) is 4.52 Å². The number of nitrogens with one attached hydrogen (secondary N) is 1. The average molecular weight is 358 g/mol. The molecule has 0 amide bonds. The number of anilines is 2. The fraction of sp³-hybridized carbons (Fsp3) is 0.111. The molecule has 0 fully saturated rings. The molecule has 0 saturated heterocycles. The number of hydrogen-bond donors (Lipinski definition) is 1. The molecule has 5 rings (SSSR count). The van der Waals surface area contributed by atoms with Crippen LogP contribution in [0.4, 0.5) is 11.7 Å². The normalized spacial score (nSPS) is 11.3. The van der Waals surface area contributed by atoms with Crippen LogP contribution in [0.3, 0.4) is 0 Å². The second-order valence-electron chi connectivity index (χ2n) is 6.14. The van der Waals surface area contributed by atoms with Crippen molar-refractivity contribution in [3.63, 3.8) is 0 Å². The maximum atomic E-state index is 5.16. The second kappa shape index (κ2) is 6.13. The van der Waals surface area contributed by atoms with E-state index in [0.29, 0.717) is 29.5 Å². The average Bonchev–Trinajstić information content (AvgIpc) is 3.28. The lowest BCUT2D eigenvalue weighted by molar-refractivity contribution is 0.429. The SMILES string of the molecule is Cc1cc(Nc2cnc3nnn(Cc4ccc5ncccc5c4)c3n2)on1. The maximum Gasteiger partial charge on any atom is 0.230 e. The number of fused-ring (bicyclic) bond motifs is 2. The molecule has 1 N–H and O–H groups in total. The zero-order valence-electron chi connectivity index (χ0n) is 14.4. The summed E-state index contributed by atoms with van der Waals surface area (Å²) in [6, 6.07) is 11.8. The third-order valence-corrected chi connectivity index (χ3v) is 4.11. The first-order valence-electron chi connectivity index (χ1n) is 8.35. The third-order valence-electron chi connectivity index (χ3n) is 4.11. The lowest BCUT2D eigenvalue weighted by Crippen LogP contribution is -2.04. The van der Waals surface area contributed by atoms with E-state index in [1.807, 2.05) is 31.2 Å². The first-order chi connectivity index (χ1) is 13.2. The van der Waals surface area contributed by atoms with Crippen molar-refractivity contribution in [2.24, 2.45) is 0 Å². The highest BCUT2D eigenvalue weighted by Crippen LogP contribution is 2.18. The molecule has 0 spiro atoms. The van der Waals surface area contributed by atoms with Gasteiger partial charge in [0.25, 0.3) is 0 Å². The Balaban J connectivity index is 1.47. The van der Waals surface area contributed by atoms with Crippen molar-refractivity contribution in [1.82, 2.24) is 35.1 Å². The Morgan fingerprint density at radius 3 is 3.00 bits per heavy atom. The summed E-state index contributed by atoms with van der Waals surface area (Å²) in [5.41, 5.74) is 3.88. The van der Waals surface area contributed by atoms with Gasteiger partial charge >= 0.3 is 0 Å². The predicted molar refractivity (Wildman–Crippen MR) is 98.5 cm³/mol. The van der Waals surface area contributed by atoms with Crippen LogP contribution in [-0.2, 0) is 6.54 Å². The number of benzene rings is 1. The highest BCUT2D eigenvalue weighted by atomic mass is 16.5. The molecule has 0 atom stereocenters. The summed E-state index contributed by atoms with van der Waals surface area (Å²) in [6.07, 6.45) is 3.37. The Hall–Kier alpha value is -3.88. The van der Waals surface area contributed by atoms with Crippen LogP contribution in [0, 0.1) is 6.92 Å². The molecule has 5 aromatic rings. The van der Waals surface area contributed by atoms with E-state index in [1.165, 1.54) is 0 Å². The number of nitrogens with zero attached hydrogens (tertiary/aromatic N) is 7. The first kappa shape index (κ1) is 15.4. The predicted octanol–water partition coefficient (Wildman–Crippen LogP) is 2.86. The van der Waals surface area contributed by atoms with Crippen LogP contribution in [0.1, 0.15) is 11.3 Å². The minimum atomic E-state index is 0.483. The number of rotatable bonds is 4. The van der Waals surface area contributed by atoms with Gasteiger partial charge in [-0.15, -0.1) is 5.10 Å². The summed E-state index contributed by atoms with van der Waals surface area (Å²) in [5, 5.41) is 16.2. The Morgan fingerprint density at radius 2 is 2.11 bits per heavy atom. The molecular formula is C18H14N8O.